The van der Waals surface area contributed by atoms with Crippen LogP contribution in [0.3, 0.4) is 0 Å². The highest BCUT2D eigenvalue weighted by Gasteiger charge is 2.23. The largest absolute Gasteiger partial charge is 0.393 e. The fraction of sp³-hybridized carbons (Fsp3) is 0.438. The molecule has 0 aliphatic heterocycles. The minimum absolute atomic E-state index is 0.190. The third-order valence-corrected chi connectivity index (χ3v) is 3.76. The number of halogens is 1. The van der Waals surface area contributed by atoms with Crippen LogP contribution in [-0.4, -0.2) is 17.4 Å². The number of allylic oxidation sites excluding steroid dienone is 1. The molecule has 102 valence electrons. The van der Waals surface area contributed by atoms with Gasteiger partial charge in [-0.15, -0.1) is 0 Å². The summed E-state index contributed by atoms with van der Waals surface area (Å²) >= 11 is 0. The van der Waals surface area contributed by atoms with Crippen molar-refractivity contribution in [3.8, 4) is 0 Å². The van der Waals surface area contributed by atoms with Crippen LogP contribution in [0.1, 0.15) is 38.2 Å². The van der Waals surface area contributed by atoms with Crippen LogP contribution in [0.5, 0.6) is 0 Å². The SMILES string of the molecule is C=C(c1cc(F)ccc1N=CC)C1CCC(O)CC1. The van der Waals surface area contributed by atoms with Gasteiger partial charge in [-0.25, -0.2) is 4.39 Å². The van der Waals surface area contributed by atoms with E-state index in [9.17, 15) is 9.50 Å². The fourth-order valence-electron chi connectivity index (χ4n) is 2.66. The Kier molecular flexibility index (Phi) is 4.48. The number of hydrogen-bond acceptors (Lipinski definition) is 2. The Balaban J connectivity index is 2.25. The molecular formula is C16H20FNO. The van der Waals surface area contributed by atoms with Crippen LogP contribution in [0.25, 0.3) is 5.57 Å². The van der Waals surface area contributed by atoms with Crippen LogP contribution < -0.4 is 0 Å². The lowest BCUT2D eigenvalue weighted by Gasteiger charge is -2.27. The number of rotatable bonds is 3. The van der Waals surface area contributed by atoms with Crippen molar-refractivity contribution in [2.75, 3.05) is 0 Å². The van der Waals surface area contributed by atoms with Crippen LogP contribution in [0, 0.1) is 11.7 Å². The van der Waals surface area contributed by atoms with Gasteiger partial charge in [-0.2, -0.15) is 0 Å². The van der Waals surface area contributed by atoms with Gasteiger partial charge in [-0.05, 0) is 62.3 Å². The summed E-state index contributed by atoms with van der Waals surface area (Å²) in [6, 6.07) is 4.62. The number of hydrogen-bond donors (Lipinski definition) is 1. The highest BCUT2D eigenvalue weighted by Crippen LogP contribution is 2.38. The van der Waals surface area contributed by atoms with Crippen LogP contribution in [0.4, 0.5) is 10.1 Å². The second kappa shape index (κ2) is 6.11. The van der Waals surface area contributed by atoms with Crippen molar-refractivity contribution < 1.29 is 9.50 Å². The Bertz CT molecular complexity index is 488. The number of aliphatic imine (C=N–C) groups is 1. The molecule has 1 aromatic rings. The van der Waals surface area contributed by atoms with E-state index in [1.807, 2.05) is 6.92 Å². The molecule has 19 heavy (non-hydrogen) atoms. The van der Waals surface area contributed by atoms with Gasteiger partial charge in [0, 0.05) is 11.8 Å². The number of aliphatic hydroxyl groups is 1. The van der Waals surface area contributed by atoms with Crippen molar-refractivity contribution >= 4 is 17.5 Å². The van der Waals surface area contributed by atoms with Crippen LogP contribution in [0.15, 0.2) is 29.8 Å². The molecule has 0 spiro atoms. The topological polar surface area (TPSA) is 32.6 Å². The second-order valence-electron chi connectivity index (χ2n) is 5.08. The Hall–Kier alpha value is -1.48. The Morgan fingerprint density at radius 3 is 2.68 bits per heavy atom. The molecule has 0 saturated heterocycles. The first kappa shape index (κ1) is 13.9. The first-order valence-electron chi connectivity index (χ1n) is 6.77. The minimum atomic E-state index is -0.262. The molecule has 0 atom stereocenters. The molecule has 0 amide bonds. The molecule has 1 N–H and O–H groups in total. The van der Waals surface area contributed by atoms with Crippen molar-refractivity contribution in [3.63, 3.8) is 0 Å². The monoisotopic (exact) mass is 261 g/mol. The summed E-state index contributed by atoms with van der Waals surface area (Å²) in [5.41, 5.74) is 2.49. The minimum Gasteiger partial charge on any atom is -0.393 e. The van der Waals surface area contributed by atoms with Crippen LogP contribution in [-0.2, 0) is 0 Å². The fourth-order valence-corrected chi connectivity index (χ4v) is 2.66. The summed E-state index contributed by atoms with van der Waals surface area (Å²) in [7, 11) is 0. The maximum Gasteiger partial charge on any atom is 0.123 e. The van der Waals surface area contributed by atoms with Gasteiger partial charge in [0.15, 0.2) is 0 Å². The van der Waals surface area contributed by atoms with Gasteiger partial charge in [0.2, 0.25) is 0 Å². The zero-order valence-electron chi connectivity index (χ0n) is 11.3. The van der Waals surface area contributed by atoms with Gasteiger partial charge in [0.1, 0.15) is 5.82 Å². The molecule has 1 fully saturated rings. The average molecular weight is 261 g/mol. The van der Waals surface area contributed by atoms with Crippen LogP contribution in [0.2, 0.25) is 0 Å². The van der Waals surface area contributed by atoms with E-state index in [2.05, 4.69) is 11.6 Å². The lowest BCUT2D eigenvalue weighted by atomic mass is 9.80. The molecule has 2 nitrogen and oxygen atoms in total. The second-order valence-corrected chi connectivity index (χ2v) is 5.08. The predicted molar refractivity (Wildman–Crippen MR) is 77.2 cm³/mol. The molecule has 1 aromatic carbocycles. The third-order valence-electron chi connectivity index (χ3n) is 3.76. The molecule has 2 rings (SSSR count). The normalized spacial score (nSPS) is 23.7. The van der Waals surface area contributed by atoms with E-state index in [4.69, 9.17) is 0 Å². The summed E-state index contributed by atoms with van der Waals surface area (Å²) in [4.78, 5) is 4.28. The number of nitrogens with zero attached hydrogens (tertiary/aromatic N) is 1. The number of aliphatic hydroxyl groups excluding tert-OH is 1. The molecule has 0 bridgehead atoms. The smallest absolute Gasteiger partial charge is 0.123 e. The molecular weight excluding hydrogens is 241 g/mol. The van der Waals surface area contributed by atoms with E-state index >= 15 is 0 Å². The maximum atomic E-state index is 13.4. The lowest BCUT2D eigenvalue weighted by Crippen LogP contribution is -2.18. The molecule has 1 aliphatic rings. The highest BCUT2D eigenvalue weighted by atomic mass is 19.1. The van der Waals surface area contributed by atoms with Gasteiger partial charge in [-0.1, -0.05) is 6.58 Å². The quantitative estimate of drug-likeness (QED) is 0.816. The zero-order chi connectivity index (χ0) is 13.8. The van der Waals surface area contributed by atoms with Gasteiger partial charge in [0.05, 0.1) is 11.8 Å². The lowest BCUT2D eigenvalue weighted by molar-refractivity contribution is 0.119. The van der Waals surface area contributed by atoms with Gasteiger partial charge in [0.25, 0.3) is 0 Å². The Morgan fingerprint density at radius 2 is 2.05 bits per heavy atom. The molecule has 1 saturated carbocycles. The molecule has 1 aliphatic carbocycles. The first-order chi connectivity index (χ1) is 9.11. The van der Waals surface area contributed by atoms with E-state index in [0.29, 0.717) is 5.92 Å². The zero-order valence-corrected chi connectivity index (χ0v) is 11.3. The highest BCUT2D eigenvalue weighted by molar-refractivity contribution is 5.77. The first-order valence-corrected chi connectivity index (χ1v) is 6.77. The van der Waals surface area contributed by atoms with Crippen LogP contribution >= 0.6 is 0 Å². The van der Waals surface area contributed by atoms with E-state index in [1.54, 1.807) is 12.3 Å². The molecule has 3 heteroatoms. The standard InChI is InChI=1S/C16H20FNO/c1-3-18-16-9-6-13(17)10-15(16)11(2)12-4-7-14(19)8-5-12/h3,6,9-10,12,14,19H,2,4-5,7-8H2,1H3. The van der Waals surface area contributed by atoms with Crippen molar-refractivity contribution in [3.05, 3.63) is 36.2 Å². The molecule has 0 heterocycles. The maximum absolute atomic E-state index is 13.4. The third kappa shape index (κ3) is 3.29. The van der Waals surface area contributed by atoms with Crippen molar-refractivity contribution in [1.29, 1.82) is 0 Å². The summed E-state index contributed by atoms with van der Waals surface area (Å²) in [5.74, 6) is 0.0538. The predicted octanol–water partition coefficient (Wildman–Crippen LogP) is 4.11. The van der Waals surface area contributed by atoms with E-state index < -0.39 is 0 Å². The summed E-state index contributed by atoms with van der Waals surface area (Å²) < 4.78 is 13.4. The van der Waals surface area contributed by atoms with Gasteiger partial charge < -0.3 is 5.11 Å². The Labute approximate surface area is 113 Å². The molecule has 0 aromatic heterocycles. The summed E-state index contributed by atoms with van der Waals surface area (Å²) in [5, 5.41) is 9.55. The van der Waals surface area contributed by atoms with Gasteiger partial charge in [-0.3, -0.25) is 4.99 Å². The van der Waals surface area contributed by atoms with E-state index in [-0.39, 0.29) is 11.9 Å². The average Bonchev–Trinajstić information content (AvgIpc) is 2.41. The van der Waals surface area contributed by atoms with E-state index in [1.165, 1.54) is 12.1 Å². The van der Waals surface area contributed by atoms with Crippen molar-refractivity contribution in [1.82, 2.24) is 0 Å². The van der Waals surface area contributed by atoms with Gasteiger partial charge >= 0.3 is 0 Å². The molecule has 0 unspecified atom stereocenters. The van der Waals surface area contributed by atoms with E-state index in [0.717, 1.165) is 42.5 Å². The summed E-state index contributed by atoms with van der Waals surface area (Å²) in [6.07, 6.45) is 4.92. The number of benzene rings is 1. The van der Waals surface area contributed by atoms with Crippen molar-refractivity contribution in [2.24, 2.45) is 10.9 Å². The summed E-state index contributed by atoms with van der Waals surface area (Å²) in [6.45, 7) is 5.98. The van der Waals surface area contributed by atoms with Crippen molar-refractivity contribution in [2.45, 2.75) is 38.7 Å². The molecule has 0 radical (unpaired) electrons. The Morgan fingerprint density at radius 1 is 1.37 bits per heavy atom.